The van der Waals surface area contributed by atoms with Gasteiger partial charge in [-0.15, -0.1) is 0 Å². The summed E-state index contributed by atoms with van der Waals surface area (Å²) in [5, 5.41) is 4.46. The van der Waals surface area contributed by atoms with E-state index in [2.05, 4.69) is 5.16 Å². The Bertz CT molecular complexity index is 285. The van der Waals surface area contributed by atoms with Crippen molar-refractivity contribution in [1.82, 2.24) is 0 Å². The molecule has 0 fully saturated rings. The highest BCUT2D eigenvalue weighted by atomic mass is 35.5. The van der Waals surface area contributed by atoms with Crippen molar-refractivity contribution in [2.45, 2.75) is 13.0 Å². The summed E-state index contributed by atoms with van der Waals surface area (Å²) < 4.78 is 0. The van der Waals surface area contributed by atoms with Crippen LogP contribution in [-0.4, -0.2) is 12.8 Å². The van der Waals surface area contributed by atoms with Gasteiger partial charge in [0, 0.05) is 11.2 Å². The van der Waals surface area contributed by atoms with Crippen LogP contribution in [0, 0.1) is 0 Å². The Morgan fingerprint density at radius 3 is 2.71 bits per heavy atom. The summed E-state index contributed by atoms with van der Waals surface area (Å²) >= 11 is 5.73. The molecule has 0 aromatic heterocycles. The molecule has 4 heteroatoms. The monoisotopic (exact) mass is 212 g/mol. The summed E-state index contributed by atoms with van der Waals surface area (Å²) in [5.74, 6) is 0. The number of nitrogens with zero attached hydrogens (tertiary/aromatic N) is 1. The molecular weight excluding hydrogens is 200 g/mol. The summed E-state index contributed by atoms with van der Waals surface area (Å²) in [4.78, 5) is 5.03. The van der Waals surface area contributed by atoms with E-state index in [-0.39, 0.29) is 0 Å². The molecule has 1 rings (SSSR count). The highest BCUT2D eigenvalue weighted by Crippen LogP contribution is 2.10. The summed E-state index contributed by atoms with van der Waals surface area (Å²) in [6.45, 7) is 1.05. The zero-order valence-corrected chi connectivity index (χ0v) is 8.57. The van der Waals surface area contributed by atoms with Gasteiger partial charge in [-0.05, 0) is 30.7 Å². The van der Waals surface area contributed by atoms with Gasteiger partial charge >= 0.3 is 0 Å². The topological polar surface area (TPSA) is 47.6 Å². The Morgan fingerprint density at radius 2 is 2.07 bits per heavy atom. The minimum Gasteiger partial charge on any atom is -0.391 e. The second-order valence-corrected chi connectivity index (χ2v) is 3.20. The third kappa shape index (κ3) is 4.25. The maximum Gasteiger partial charge on any atom is 0.142 e. The van der Waals surface area contributed by atoms with Crippen molar-refractivity contribution in [2.24, 2.45) is 10.9 Å². The number of oxime groups is 1. The number of hydrogen-bond donors (Lipinski definition) is 1. The first-order valence-electron chi connectivity index (χ1n) is 4.41. The van der Waals surface area contributed by atoms with E-state index < -0.39 is 0 Å². The lowest BCUT2D eigenvalue weighted by Crippen LogP contribution is -1.98. The standard InChI is InChI=1S/C10H13ClN2O/c11-10-4-2-9(3-5-10)8-14-13-7-1-6-12/h2-5,7H,1,6,8,12H2. The predicted octanol–water partition coefficient (Wildman–Crippen LogP) is 2.19. The van der Waals surface area contributed by atoms with Crippen LogP contribution in [0.5, 0.6) is 0 Å². The molecule has 14 heavy (non-hydrogen) atoms. The summed E-state index contributed by atoms with van der Waals surface area (Å²) in [5.41, 5.74) is 6.32. The van der Waals surface area contributed by atoms with Crippen LogP contribution < -0.4 is 5.73 Å². The van der Waals surface area contributed by atoms with Gasteiger partial charge in [-0.3, -0.25) is 0 Å². The molecule has 0 unspecified atom stereocenters. The zero-order valence-electron chi connectivity index (χ0n) is 7.82. The summed E-state index contributed by atoms with van der Waals surface area (Å²) in [6, 6.07) is 7.45. The third-order valence-corrected chi connectivity index (χ3v) is 1.84. The Balaban J connectivity index is 2.28. The van der Waals surface area contributed by atoms with Crippen LogP contribution >= 0.6 is 11.6 Å². The van der Waals surface area contributed by atoms with Crippen molar-refractivity contribution in [3.63, 3.8) is 0 Å². The molecule has 1 aromatic carbocycles. The lowest BCUT2D eigenvalue weighted by atomic mass is 10.2. The van der Waals surface area contributed by atoms with E-state index in [0.29, 0.717) is 13.2 Å². The molecule has 0 spiro atoms. The Hall–Kier alpha value is -1.06. The summed E-state index contributed by atoms with van der Waals surface area (Å²) in [7, 11) is 0. The van der Waals surface area contributed by atoms with E-state index >= 15 is 0 Å². The van der Waals surface area contributed by atoms with E-state index in [1.807, 2.05) is 24.3 Å². The first-order valence-corrected chi connectivity index (χ1v) is 4.79. The fourth-order valence-electron chi connectivity index (χ4n) is 0.872. The molecule has 0 aliphatic carbocycles. The average Bonchev–Trinajstić information content (AvgIpc) is 2.21. The van der Waals surface area contributed by atoms with Gasteiger partial charge in [0.15, 0.2) is 0 Å². The first kappa shape index (κ1) is 11.0. The quantitative estimate of drug-likeness (QED) is 0.601. The number of rotatable bonds is 5. The molecule has 2 N–H and O–H groups in total. The van der Waals surface area contributed by atoms with Crippen molar-refractivity contribution in [3.05, 3.63) is 34.9 Å². The first-order chi connectivity index (χ1) is 6.83. The molecule has 0 aliphatic heterocycles. The molecule has 0 atom stereocenters. The maximum absolute atomic E-state index is 5.73. The smallest absolute Gasteiger partial charge is 0.142 e. The zero-order chi connectivity index (χ0) is 10.2. The van der Waals surface area contributed by atoms with Crippen molar-refractivity contribution in [3.8, 4) is 0 Å². The van der Waals surface area contributed by atoms with E-state index in [4.69, 9.17) is 22.2 Å². The van der Waals surface area contributed by atoms with Crippen LogP contribution in [0.4, 0.5) is 0 Å². The van der Waals surface area contributed by atoms with Crippen LogP contribution in [0.3, 0.4) is 0 Å². The van der Waals surface area contributed by atoms with Crippen LogP contribution in [0.1, 0.15) is 12.0 Å². The highest BCUT2D eigenvalue weighted by molar-refractivity contribution is 6.30. The molecule has 0 aliphatic rings. The van der Waals surface area contributed by atoms with Crippen LogP contribution in [-0.2, 0) is 11.4 Å². The van der Waals surface area contributed by atoms with Gasteiger partial charge in [0.1, 0.15) is 6.61 Å². The number of halogens is 1. The molecule has 76 valence electrons. The molecule has 0 saturated carbocycles. The summed E-state index contributed by atoms with van der Waals surface area (Å²) in [6.07, 6.45) is 2.40. The van der Waals surface area contributed by atoms with E-state index in [1.165, 1.54) is 0 Å². The molecule has 0 saturated heterocycles. The molecule has 0 radical (unpaired) electrons. The minimum absolute atomic E-state index is 0.457. The van der Waals surface area contributed by atoms with Crippen molar-refractivity contribution in [1.29, 1.82) is 0 Å². The largest absolute Gasteiger partial charge is 0.391 e. The lowest BCUT2D eigenvalue weighted by molar-refractivity contribution is 0.131. The number of nitrogens with two attached hydrogens (primary N) is 1. The molecule has 0 heterocycles. The predicted molar refractivity (Wildman–Crippen MR) is 58.4 cm³/mol. The molecule has 0 amide bonds. The molecule has 1 aromatic rings. The van der Waals surface area contributed by atoms with Crippen molar-refractivity contribution in [2.75, 3.05) is 6.54 Å². The molecular formula is C10H13ClN2O. The molecule has 3 nitrogen and oxygen atoms in total. The lowest BCUT2D eigenvalue weighted by Gasteiger charge is -1.99. The van der Waals surface area contributed by atoms with Crippen molar-refractivity contribution < 1.29 is 4.84 Å². The SMILES string of the molecule is NCCC=NOCc1ccc(Cl)cc1. The average molecular weight is 213 g/mol. The Kier molecular flexibility index (Phi) is 5.04. The van der Waals surface area contributed by atoms with Gasteiger partial charge in [0.2, 0.25) is 0 Å². The Morgan fingerprint density at radius 1 is 1.36 bits per heavy atom. The van der Waals surface area contributed by atoms with Crippen molar-refractivity contribution >= 4 is 17.8 Å². The Labute approximate surface area is 88.5 Å². The maximum atomic E-state index is 5.73. The van der Waals surface area contributed by atoms with Crippen LogP contribution in [0.15, 0.2) is 29.4 Å². The van der Waals surface area contributed by atoms with E-state index in [0.717, 1.165) is 17.0 Å². The van der Waals surface area contributed by atoms with Crippen LogP contribution in [0.25, 0.3) is 0 Å². The van der Waals surface area contributed by atoms with Gasteiger partial charge in [0.25, 0.3) is 0 Å². The number of benzene rings is 1. The fourth-order valence-corrected chi connectivity index (χ4v) is 0.998. The highest BCUT2D eigenvalue weighted by Gasteiger charge is 1.91. The number of hydrogen-bond acceptors (Lipinski definition) is 3. The second-order valence-electron chi connectivity index (χ2n) is 2.77. The third-order valence-electron chi connectivity index (χ3n) is 1.59. The van der Waals surface area contributed by atoms with E-state index in [9.17, 15) is 0 Å². The second kappa shape index (κ2) is 6.40. The van der Waals surface area contributed by atoms with Gasteiger partial charge in [-0.2, -0.15) is 0 Å². The normalized spacial score (nSPS) is 10.7. The van der Waals surface area contributed by atoms with Gasteiger partial charge in [-0.1, -0.05) is 28.9 Å². The van der Waals surface area contributed by atoms with E-state index in [1.54, 1.807) is 6.21 Å². The van der Waals surface area contributed by atoms with Crippen LogP contribution in [0.2, 0.25) is 5.02 Å². The minimum atomic E-state index is 0.457. The molecule has 0 bridgehead atoms. The van der Waals surface area contributed by atoms with Gasteiger partial charge in [0.05, 0.1) is 0 Å². The van der Waals surface area contributed by atoms with Gasteiger partial charge < -0.3 is 10.6 Å². The fraction of sp³-hybridized carbons (Fsp3) is 0.300. The van der Waals surface area contributed by atoms with Gasteiger partial charge in [-0.25, -0.2) is 0 Å².